The van der Waals surface area contributed by atoms with Crippen molar-refractivity contribution in [2.75, 3.05) is 5.75 Å². The van der Waals surface area contributed by atoms with Crippen molar-refractivity contribution >= 4 is 16.0 Å². The van der Waals surface area contributed by atoms with E-state index in [1.54, 1.807) is 0 Å². The number of aliphatic hydroxyl groups is 1. The van der Waals surface area contributed by atoms with Crippen LogP contribution < -0.4 is 5.32 Å². The molecule has 256 valence electrons. The van der Waals surface area contributed by atoms with Crippen LogP contribution in [0.3, 0.4) is 0 Å². The molecule has 0 bridgehead atoms. The van der Waals surface area contributed by atoms with Crippen LogP contribution in [0.5, 0.6) is 0 Å². The Morgan fingerprint density at radius 1 is 0.636 bits per heavy atom. The third-order valence-electron chi connectivity index (χ3n) is 7.80. The highest BCUT2D eigenvalue weighted by Gasteiger charge is 2.26. The third-order valence-corrected chi connectivity index (χ3v) is 8.58. The summed E-state index contributed by atoms with van der Waals surface area (Å²) in [4.78, 5) is 12.5. The zero-order valence-electron chi connectivity index (χ0n) is 28.3. The minimum Gasteiger partial charge on any atom is -0.391 e. The van der Waals surface area contributed by atoms with E-state index >= 15 is 0 Å². The Bertz CT molecular complexity index is 878. The molecule has 0 spiro atoms. The molecule has 0 rings (SSSR count). The zero-order valence-corrected chi connectivity index (χ0v) is 29.1. The first-order valence-electron chi connectivity index (χ1n) is 17.8. The van der Waals surface area contributed by atoms with Crippen molar-refractivity contribution in [2.24, 2.45) is 0 Å². The van der Waals surface area contributed by atoms with Crippen LogP contribution in [-0.2, 0) is 14.9 Å². The predicted octanol–water partition coefficient (Wildman–Crippen LogP) is 9.96. The number of hydrogen-bond donors (Lipinski definition) is 3. The number of aliphatic hydroxyl groups excluding tert-OH is 1. The monoisotopic (exact) mass is 637 g/mol. The van der Waals surface area contributed by atoms with Crippen molar-refractivity contribution in [3.63, 3.8) is 0 Å². The molecular formula is C37H67NO5S. The second kappa shape index (κ2) is 31.3. The quantitative estimate of drug-likeness (QED) is 0.0399. The maximum atomic E-state index is 12.5. The molecule has 0 aliphatic heterocycles. The predicted molar refractivity (Wildman–Crippen MR) is 188 cm³/mol. The Labute approximate surface area is 271 Å². The van der Waals surface area contributed by atoms with Gasteiger partial charge in [-0.15, -0.1) is 0 Å². The molecule has 0 aromatic carbocycles. The van der Waals surface area contributed by atoms with E-state index in [4.69, 9.17) is 0 Å². The Morgan fingerprint density at radius 2 is 1.09 bits per heavy atom. The molecule has 6 nitrogen and oxygen atoms in total. The lowest BCUT2D eigenvalue weighted by Crippen LogP contribution is -2.47. The summed E-state index contributed by atoms with van der Waals surface area (Å²) in [7, 11) is -4.31. The molecule has 0 fully saturated rings. The van der Waals surface area contributed by atoms with Crippen molar-refractivity contribution in [1.82, 2.24) is 5.32 Å². The van der Waals surface area contributed by atoms with Crippen LogP contribution in [0.2, 0.25) is 0 Å². The van der Waals surface area contributed by atoms with Crippen molar-refractivity contribution in [3.8, 4) is 0 Å². The van der Waals surface area contributed by atoms with Gasteiger partial charge in [-0.05, 0) is 51.4 Å². The summed E-state index contributed by atoms with van der Waals surface area (Å²) in [6.07, 6.45) is 40.6. The summed E-state index contributed by atoms with van der Waals surface area (Å²) in [5.41, 5.74) is 0. The van der Waals surface area contributed by atoms with Crippen LogP contribution in [0.25, 0.3) is 0 Å². The number of unbranched alkanes of at least 4 members (excludes halogenated alkanes) is 15. The number of nitrogens with one attached hydrogen (secondary N) is 1. The van der Waals surface area contributed by atoms with E-state index in [2.05, 4.69) is 67.8 Å². The highest BCUT2D eigenvalue weighted by molar-refractivity contribution is 7.85. The summed E-state index contributed by atoms with van der Waals surface area (Å²) in [6.45, 7) is 4.37. The van der Waals surface area contributed by atoms with Crippen molar-refractivity contribution in [3.05, 3.63) is 48.6 Å². The molecule has 2 unspecified atom stereocenters. The van der Waals surface area contributed by atoms with Crippen LogP contribution in [0.15, 0.2) is 48.6 Å². The maximum absolute atomic E-state index is 12.5. The Morgan fingerprint density at radius 3 is 1.61 bits per heavy atom. The van der Waals surface area contributed by atoms with Crippen LogP contribution in [0.1, 0.15) is 162 Å². The molecule has 44 heavy (non-hydrogen) atoms. The first-order valence-corrected chi connectivity index (χ1v) is 19.4. The Hall–Kier alpha value is -1.70. The maximum Gasteiger partial charge on any atom is 0.266 e. The third kappa shape index (κ3) is 31.7. The molecule has 0 radical (unpaired) electrons. The number of allylic oxidation sites excluding steroid dienone is 8. The van der Waals surface area contributed by atoms with Gasteiger partial charge in [0.2, 0.25) is 5.91 Å². The second-order valence-electron chi connectivity index (χ2n) is 12.1. The van der Waals surface area contributed by atoms with Gasteiger partial charge in [-0.25, -0.2) is 0 Å². The van der Waals surface area contributed by atoms with Crippen molar-refractivity contribution in [2.45, 2.75) is 174 Å². The minimum atomic E-state index is -4.31. The summed E-state index contributed by atoms with van der Waals surface area (Å²) in [6, 6.07) is -0.977. The van der Waals surface area contributed by atoms with Gasteiger partial charge in [0, 0.05) is 6.42 Å². The molecule has 0 saturated heterocycles. The summed E-state index contributed by atoms with van der Waals surface area (Å²) >= 11 is 0. The lowest BCUT2D eigenvalue weighted by Gasteiger charge is -2.23. The molecule has 0 aromatic heterocycles. The zero-order chi connectivity index (χ0) is 32.6. The molecule has 1 amide bonds. The van der Waals surface area contributed by atoms with E-state index in [9.17, 15) is 22.9 Å². The molecule has 0 aliphatic carbocycles. The van der Waals surface area contributed by atoms with Gasteiger partial charge in [-0.3, -0.25) is 9.35 Å². The Kier molecular flexibility index (Phi) is 30.1. The van der Waals surface area contributed by atoms with Gasteiger partial charge in [-0.2, -0.15) is 8.42 Å². The second-order valence-corrected chi connectivity index (χ2v) is 13.6. The number of amides is 1. The summed E-state index contributed by atoms with van der Waals surface area (Å²) < 4.78 is 32.3. The van der Waals surface area contributed by atoms with Crippen LogP contribution in [-0.4, -0.2) is 41.9 Å². The smallest absolute Gasteiger partial charge is 0.266 e. The normalized spacial score (nSPS) is 14.0. The number of rotatable bonds is 31. The lowest BCUT2D eigenvalue weighted by atomic mass is 10.0. The van der Waals surface area contributed by atoms with Gasteiger partial charge in [0.25, 0.3) is 10.1 Å². The van der Waals surface area contributed by atoms with E-state index in [0.29, 0.717) is 12.8 Å². The molecule has 0 heterocycles. The van der Waals surface area contributed by atoms with Gasteiger partial charge in [-0.1, -0.05) is 152 Å². The molecule has 0 aromatic rings. The fourth-order valence-electron chi connectivity index (χ4n) is 5.15. The number of carbonyl (C=O) groups excluding carboxylic acids is 1. The fourth-order valence-corrected chi connectivity index (χ4v) is 5.91. The van der Waals surface area contributed by atoms with Gasteiger partial charge in [0.15, 0.2) is 0 Å². The molecule has 7 heteroatoms. The van der Waals surface area contributed by atoms with Gasteiger partial charge in [0.1, 0.15) is 0 Å². The Balaban J connectivity index is 3.95. The van der Waals surface area contributed by atoms with Crippen LogP contribution in [0.4, 0.5) is 0 Å². The average molecular weight is 638 g/mol. The standard InChI is InChI=1S/C37H67NO5S/c1-3-5-7-9-11-13-15-16-17-18-19-20-21-22-23-25-27-29-31-33-37(40)38-35(34-44(41,42)43)36(39)32-30-28-26-24-14-12-10-8-6-4-2/h5,7,11,13,16-17,19-20,35-36,39H,3-4,6,8-10,12,14-15,18,21-34H2,1-2H3,(H,38,40)(H,41,42,43)/b7-5-,13-11-,17-16-,20-19-. The topological polar surface area (TPSA) is 104 Å². The highest BCUT2D eigenvalue weighted by atomic mass is 32.2. The van der Waals surface area contributed by atoms with Crippen LogP contribution >= 0.6 is 0 Å². The van der Waals surface area contributed by atoms with Crippen LogP contribution in [0, 0.1) is 0 Å². The van der Waals surface area contributed by atoms with Crippen molar-refractivity contribution < 1.29 is 22.9 Å². The van der Waals surface area contributed by atoms with E-state index in [1.807, 2.05) is 0 Å². The molecular weight excluding hydrogens is 570 g/mol. The fraction of sp³-hybridized carbons (Fsp3) is 0.757. The van der Waals surface area contributed by atoms with E-state index in [0.717, 1.165) is 77.0 Å². The highest BCUT2D eigenvalue weighted by Crippen LogP contribution is 2.14. The van der Waals surface area contributed by atoms with Gasteiger partial charge in [0.05, 0.1) is 17.9 Å². The first-order chi connectivity index (χ1) is 21.3. The van der Waals surface area contributed by atoms with E-state index in [1.165, 1.54) is 57.8 Å². The van der Waals surface area contributed by atoms with Gasteiger partial charge < -0.3 is 10.4 Å². The molecule has 2 atom stereocenters. The summed E-state index contributed by atoms with van der Waals surface area (Å²) in [5.74, 6) is -0.920. The first kappa shape index (κ1) is 42.3. The molecule has 3 N–H and O–H groups in total. The minimum absolute atomic E-state index is 0.264. The van der Waals surface area contributed by atoms with Crippen molar-refractivity contribution in [1.29, 1.82) is 0 Å². The van der Waals surface area contributed by atoms with E-state index in [-0.39, 0.29) is 5.91 Å². The lowest BCUT2D eigenvalue weighted by molar-refractivity contribution is -0.122. The largest absolute Gasteiger partial charge is 0.391 e. The van der Waals surface area contributed by atoms with Gasteiger partial charge >= 0.3 is 0 Å². The SMILES string of the molecule is CC/C=C\C/C=C\C/C=C\C/C=C\CCCCCCCCC(=O)NC(CS(=O)(=O)O)C(O)CCCCCCCCCCCC. The average Bonchev–Trinajstić information content (AvgIpc) is 2.98. The number of hydrogen-bond acceptors (Lipinski definition) is 4. The molecule has 0 aliphatic rings. The van der Waals surface area contributed by atoms with E-state index < -0.39 is 28.0 Å². The number of carbonyl (C=O) groups is 1. The summed E-state index contributed by atoms with van der Waals surface area (Å²) in [5, 5.41) is 13.2. The molecule has 0 saturated carbocycles.